The summed E-state index contributed by atoms with van der Waals surface area (Å²) < 4.78 is 2.17. The minimum atomic E-state index is 0.504. The summed E-state index contributed by atoms with van der Waals surface area (Å²) in [6, 6.07) is 2.72. The number of aryl methyl sites for hydroxylation is 1. The van der Waals surface area contributed by atoms with Crippen LogP contribution in [-0.2, 0) is 6.54 Å². The Balaban J connectivity index is 2.17. The van der Waals surface area contributed by atoms with Gasteiger partial charge in [0.05, 0.1) is 11.7 Å². The Hall–Kier alpha value is -0.870. The maximum atomic E-state index is 4.48. The van der Waals surface area contributed by atoms with E-state index in [4.69, 9.17) is 0 Å². The zero-order chi connectivity index (χ0) is 14.4. The standard InChI is InChI=1S/C16H30N4/c1-4-10-17-13-14-8-6-7-12-19(3)16(14)15-9-11-18-20(15)5-2/h9,11,14,16-17H,4-8,10,12-13H2,1-3H3. The van der Waals surface area contributed by atoms with Crippen molar-refractivity contribution in [3.8, 4) is 0 Å². The first kappa shape index (κ1) is 15.5. The normalized spacial score (nSPS) is 24.8. The third-order valence-electron chi connectivity index (χ3n) is 4.44. The SMILES string of the molecule is CCCNCC1CCCCN(C)C1c1ccnn1CC. The molecule has 2 unspecified atom stereocenters. The molecule has 2 atom stereocenters. The number of nitrogens with zero attached hydrogens (tertiary/aromatic N) is 3. The molecule has 1 aromatic heterocycles. The highest BCUT2D eigenvalue weighted by Gasteiger charge is 2.30. The van der Waals surface area contributed by atoms with Gasteiger partial charge in [-0.15, -0.1) is 0 Å². The predicted molar refractivity (Wildman–Crippen MR) is 83.8 cm³/mol. The van der Waals surface area contributed by atoms with Crippen LogP contribution in [0.15, 0.2) is 12.3 Å². The van der Waals surface area contributed by atoms with Gasteiger partial charge in [-0.2, -0.15) is 5.10 Å². The molecule has 4 heteroatoms. The van der Waals surface area contributed by atoms with E-state index < -0.39 is 0 Å². The molecule has 0 aromatic carbocycles. The van der Waals surface area contributed by atoms with Crippen LogP contribution in [0.3, 0.4) is 0 Å². The van der Waals surface area contributed by atoms with Crippen molar-refractivity contribution in [1.82, 2.24) is 20.0 Å². The minimum Gasteiger partial charge on any atom is -0.316 e. The quantitative estimate of drug-likeness (QED) is 0.812. The lowest BCUT2D eigenvalue weighted by molar-refractivity contribution is 0.179. The average Bonchev–Trinajstić information content (AvgIpc) is 2.84. The molecule has 0 bridgehead atoms. The summed E-state index contributed by atoms with van der Waals surface area (Å²) in [6.45, 7) is 8.82. The van der Waals surface area contributed by atoms with E-state index >= 15 is 0 Å². The van der Waals surface area contributed by atoms with E-state index in [1.165, 1.54) is 37.9 Å². The largest absolute Gasteiger partial charge is 0.316 e. The van der Waals surface area contributed by atoms with Gasteiger partial charge in [0.2, 0.25) is 0 Å². The molecule has 1 N–H and O–H groups in total. The van der Waals surface area contributed by atoms with E-state index in [0.29, 0.717) is 12.0 Å². The predicted octanol–water partition coefficient (Wildman–Crippen LogP) is 2.68. The van der Waals surface area contributed by atoms with Crippen molar-refractivity contribution in [3.05, 3.63) is 18.0 Å². The summed E-state index contributed by atoms with van der Waals surface area (Å²) in [6.07, 6.45) is 7.14. The zero-order valence-corrected chi connectivity index (χ0v) is 13.3. The molecule has 0 radical (unpaired) electrons. The van der Waals surface area contributed by atoms with Crippen LogP contribution in [0.5, 0.6) is 0 Å². The van der Waals surface area contributed by atoms with E-state index in [2.05, 4.69) is 47.0 Å². The van der Waals surface area contributed by atoms with Gasteiger partial charge in [-0.05, 0) is 64.9 Å². The second-order valence-corrected chi connectivity index (χ2v) is 5.96. The molecule has 114 valence electrons. The monoisotopic (exact) mass is 278 g/mol. The molecule has 2 rings (SSSR count). The molecule has 0 amide bonds. The van der Waals surface area contributed by atoms with Crippen molar-refractivity contribution in [3.63, 3.8) is 0 Å². The van der Waals surface area contributed by atoms with Gasteiger partial charge in [0.1, 0.15) is 0 Å². The molecular formula is C16H30N4. The Morgan fingerprint density at radius 1 is 1.35 bits per heavy atom. The van der Waals surface area contributed by atoms with Crippen LogP contribution in [0, 0.1) is 5.92 Å². The van der Waals surface area contributed by atoms with Crippen LogP contribution >= 0.6 is 0 Å². The molecule has 1 aliphatic rings. The average molecular weight is 278 g/mol. The molecule has 0 spiro atoms. The van der Waals surface area contributed by atoms with E-state index in [0.717, 1.165) is 19.6 Å². The second kappa shape index (κ2) is 7.79. The fourth-order valence-electron chi connectivity index (χ4n) is 3.43. The van der Waals surface area contributed by atoms with Crippen LogP contribution in [0.1, 0.15) is 51.3 Å². The first-order valence-corrected chi connectivity index (χ1v) is 8.20. The first-order chi connectivity index (χ1) is 9.77. The van der Waals surface area contributed by atoms with Crippen molar-refractivity contribution in [1.29, 1.82) is 0 Å². The van der Waals surface area contributed by atoms with Crippen LogP contribution in [-0.4, -0.2) is 41.4 Å². The summed E-state index contributed by atoms with van der Waals surface area (Å²) in [4.78, 5) is 2.54. The summed E-state index contributed by atoms with van der Waals surface area (Å²) in [5, 5.41) is 8.10. The Kier molecular flexibility index (Phi) is 6.05. The van der Waals surface area contributed by atoms with Gasteiger partial charge in [0, 0.05) is 12.7 Å². The molecule has 4 nitrogen and oxygen atoms in total. The summed E-state index contributed by atoms with van der Waals surface area (Å²) in [5.74, 6) is 0.691. The number of rotatable bonds is 6. The maximum Gasteiger partial charge on any atom is 0.0558 e. The number of likely N-dealkylation sites (tertiary alicyclic amines) is 1. The lowest BCUT2D eigenvalue weighted by Crippen LogP contribution is -2.36. The molecule has 1 saturated heterocycles. The maximum absolute atomic E-state index is 4.48. The number of hydrogen-bond acceptors (Lipinski definition) is 3. The second-order valence-electron chi connectivity index (χ2n) is 5.96. The lowest BCUT2D eigenvalue weighted by Gasteiger charge is -2.33. The molecule has 1 aromatic rings. The first-order valence-electron chi connectivity index (χ1n) is 8.20. The summed E-state index contributed by atoms with van der Waals surface area (Å²) in [7, 11) is 2.27. The van der Waals surface area contributed by atoms with Gasteiger partial charge in [0.15, 0.2) is 0 Å². The third-order valence-corrected chi connectivity index (χ3v) is 4.44. The van der Waals surface area contributed by atoms with Crippen LogP contribution in [0.25, 0.3) is 0 Å². The van der Waals surface area contributed by atoms with Gasteiger partial charge in [-0.1, -0.05) is 13.3 Å². The van der Waals surface area contributed by atoms with Crippen LogP contribution in [0.4, 0.5) is 0 Å². The Bertz CT molecular complexity index is 388. The lowest BCUT2D eigenvalue weighted by atomic mass is 9.92. The zero-order valence-electron chi connectivity index (χ0n) is 13.3. The number of hydrogen-bond donors (Lipinski definition) is 1. The fourth-order valence-corrected chi connectivity index (χ4v) is 3.43. The third kappa shape index (κ3) is 3.61. The highest BCUT2D eigenvalue weighted by Crippen LogP contribution is 2.33. The van der Waals surface area contributed by atoms with E-state index in [1.54, 1.807) is 0 Å². The fraction of sp³-hybridized carbons (Fsp3) is 0.812. The molecule has 1 fully saturated rings. The summed E-state index contributed by atoms with van der Waals surface area (Å²) in [5.41, 5.74) is 1.39. The molecule has 0 saturated carbocycles. The molecule has 2 heterocycles. The van der Waals surface area contributed by atoms with Crippen molar-refractivity contribution >= 4 is 0 Å². The topological polar surface area (TPSA) is 33.1 Å². The Morgan fingerprint density at radius 2 is 2.20 bits per heavy atom. The van der Waals surface area contributed by atoms with Crippen molar-refractivity contribution < 1.29 is 0 Å². The highest BCUT2D eigenvalue weighted by atomic mass is 15.3. The van der Waals surface area contributed by atoms with E-state index in [1.807, 2.05) is 6.20 Å². The minimum absolute atomic E-state index is 0.504. The van der Waals surface area contributed by atoms with Gasteiger partial charge in [0.25, 0.3) is 0 Å². The van der Waals surface area contributed by atoms with Crippen LogP contribution < -0.4 is 5.32 Å². The molecular weight excluding hydrogens is 248 g/mol. The van der Waals surface area contributed by atoms with Crippen molar-refractivity contribution in [2.75, 3.05) is 26.7 Å². The van der Waals surface area contributed by atoms with Gasteiger partial charge in [-0.25, -0.2) is 0 Å². The molecule has 0 aliphatic carbocycles. The van der Waals surface area contributed by atoms with Crippen molar-refractivity contribution in [2.45, 2.75) is 52.1 Å². The Morgan fingerprint density at radius 3 is 2.95 bits per heavy atom. The Labute approximate surface area is 123 Å². The van der Waals surface area contributed by atoms with E-state index in [-0.39, 0.29) is 0 Å². The highest BCUT2D eigenvalue weighted by molar-refractivity contribution is 5.10. The molecule has 20 heavy (non-hydrogen) atoms. The van der Waals surface area contributed by atoms with E-state index in [9.17, 15) is 0 Å². The van der Waals surface area contributed by atoms with Gasteiger partial charge >= 0.3 is 0 Å². The smallest absolute Gasteiger partial charge is 0.0558 e. The van der Waals surface area contributed by atoms with Gasteiger partial charge < -0.3 is 5.32 Å². The number of nitrogens with one attached hydrogen (secondary N) is 1. The number of aromatic nitrogens is 2. The summed E-state index contributed by atoms with van der Waals surface area (Å²) >= 11 is 0. The molecule has 1 aliphatic heterocycles. The van der Waals surface area contributed by atoms with Crippen molar-refractivity contribution in [2.24, 2.45) is 5.92 Å². The van der Waals surface area contributed by atoms with Gasteiger partial charge in [-0.3, -0.25) is 9.58 Å². The van der Waals surface area contributed by atoms with Crippen LogP contribution in [0.2, 0.25) is 0 Å².